The second-order valence-electron chi connectivity index (χ2n) is 3.68. The Kier molecular flexibility index (Phi) is 4.70. The normalized spacial score (nSPS) is 12.6. The summed E-state index contributed by atoms with van der Waals surface area (Å²) in [5, 5.41) is 15.1. The van der Waals surface area contributed by atoms with Crippen molar-refractivity contribution in [3.63, 3.8) is 0 Å². The lowest BCUT2D eigenvalue weighted by Crippen LogP contribution is -2.30. The predicted octanol–water partition coefficient (Wildman–Crippen LogP) is 0.995. The fourth-order valence-electron chi connectivity index (χ4n) is 1.12. The van der Waals surface area contributed by atoms with Gasteiger partial charge >= 0.3 is 0 Å². The van der Waals surface area contributed by atoms with E-state index in [1.54, 1.807) is 7.05 Å². The van der Waals surface area contributed by atoms with Gasteiger partial charge in [-0.05, 0) is 17.5 Å². The molecule has 0 bridgehead atoms. The van der Waals surface area contributed by atoms with Crippen LogP contribution >= 0.6 is 11.6 Å². The molecule has 1 unspecified atom stereocenters. The van der Waals surface area contributed by atoms with Crippen LogP contribution in [0.3, 0.4) is 0 Å². The van der Waals surface area contributed by atoms with Crippen molar-refractivity contribution in [2.75, 3.05) is 24.3 Å². The molecule has 0 saturated heterocycles. The number of halogens is 1. The van der Waals surface area contributed by atoms with E-state index in [0.717, 1.165) is 0 Å². The molecule has 3 N–H and O–H groups in total. The van der Waals surface area contributed by atoms with Gasteiger partial charge < -0.3 is 15.7 Å². The Balaban J connectivity index is 2.83. The third-order valence-corrected chi connectivity index (χ3v) is 2.32. The largest absolute Gasteiger partial charge is 0.394 e. The van der Waals surface area contributed by atoms with Crippen LogP contribution in [-0.4, -0.2) is 39.8 Å². The van der Waals surface area contributed by atoms with Crippen LogP contribution in [0.25, 0.3) is 0 Å². The number of hydrogen-bond donors (Lipinski definition) is 3. The summed E-state index contributed by atoms with van der Waals surface area (Å²) >= 11 is 5.73. The van der Waals surface area contributed by atoms with Crippen molar-refractivity contribution < 1.29 is 5.11 Å². The number of anilines is 2. The van der Waals surface area contributed by atoms with E-state index >= 15 is 0 Å². The Hall–Kier alpha value is -1.14. The first-order valence-corrected chi connectivity index (χ1v) is 5.41. The van der Waals surface area contributed by atoms with Gasteiger partial charge in [-0.1, -0.05) is 13.8 Å². The first-order chi connectivity index (χ1) is 7.56. The quantitative estimate of drug-likeness (QED) is 0.718. The van der Waals surface area contributed by atoms with Gasteiger partial charge in [-0.2, -0.15) is 15.0 Å². The Morgan fingerprint density at radius 3 is 2.38 bits per heavy atom. The molecule has 0 radical (unpaired) electrons. The fraction of sp³-hybridized carbons (Fsp3) is 0.667. The second kappa shape index (κ2) is 5.81. The van der Waals surface area contributed by atoms with E-state index in [0.29, 0.717) is 11.9 Å². The van der Waals surface area contributed by atoms with Gasteiger partial charge in [-0.15, -0.1) is 0 Å². The molecule has 16 heavy (non-hydrogen) atoms. The van der Waals surface area contributed by atoms with Crippen LogP contribution in [0.15, 0.2) is 0 Å². The molecule has 1 rings (SSSR count). The van der Waals surface area contributed by atoms with Gasteiger partial charge in [0.15, 0.2) is 0 Å². The highest BCUT2D eigenvalue weighted by Gasteiger charge is 2.14. The van der Waals surface area contributed by atoms with Crippen molar-refractivity contribution >= 4 is 23.5 Å². The van der Waals surface area contributed by atoms with Crippen LogP contribution in [0, 0.1) is 5.92 Å². The Morgan fingerprint density at radius 1 is 1.25 bits per heavy atom. The minimum atomic E-state index is -0.108. The van der Waals surface area contributed by atoms with Crippen LogP contribution in [0.5, 0.6) is 0 Å². The number of hydrogen-bond acceptors (Lipinski definition) is 6. The van der Waals surface area contributed by atoms with Crippen molar-refractivity contribution in [2.45, 2.75) is 19.9 Å². The van der Waals surface area contributed by atoms with Crippen LogP contribution in [0.4, 0.5) is 11.9 Å². The van der Waals surface area contributed by atoms with Crippen molar-refractivity contribution in [3.05, 3.63) is 5.28 Å². The molecule has 0 amide bonds. The molecule has 0 spiro atoms. The summed E-state index contributed by atoms with van der Waals surface area (Å²) in [6, 6.07) is -0.108. The van der Waals surface area contributed by atoms with Crippen LogP contribution in [-0.2, 0) is 0 Å². The van der Waals surface area contributed by atoms with E-state index in [1.807, 2.05) is 13.8 Å². The Bertz CT molecular complexity index is 347. The van der Waals surface area contributed by atoms with Crippen LogP contribution < -0.4 is 10.6 Å². The summed E-state index contributed by atoms with van der Waals surface area (Å²) in [6.07, 6.45) is 0. The molecule has 0 aromatic carbocycles. The maximum Gasteiger partial charge on any atom is 0.229 e. The smallest absolute Gasteiger partial charge is 0.229 e. The molecule has 0 aliphatic carbocycles. The molecule has 1 aromatic heterocycles. The minimum Gasteiger partial charge on any atom is -0.394 e. The molecule has 1 aromatic rings. The molecule has 0 fully saturated rings. The van der Waals surface area contributed by atoms with Gasteiger partial charge in [0.25, 0.3) is 0 Å². The molecular weight excluding hydrogens is 230 g/mol. The van der Waals surface area contributed by atoms with E-state index < -0.39 is 0 Å². The highest BCUT2D eigenvalue weighted by molar-refractivity contribution is 6.28. The first kappa shape index (κ1) is 12.9. The highest BCUT2D eigenvalue weighted by Crippen LogP contribution is 2.12. The van der Waals surface area contributed by atoms with E-state index in [4.69, 9.17) is 11.6 Å². The lowest BCUT2D eigenvalue weighted by molar-refractivity contribution is 0.248. The average molecular weight is 246 g/mol. The van der Waals surface area contributed by atoms with E-state index in [2.05, 4.69) is 25.6 Å². The lowest BCUT2D eigenvalue weighted by Gasteiger charge is -2.19. The maximum atomic E-state index is 9.17. The van der Waals surface area contributed by atoms with Gasteiger partial charge in [-0.25, -0.2) is 0 Å². The summed E-state index contributed by atoms with van der Waals surface area (Å²) in [7, 11) is 1.70. The summed E-state index contributed by atoms with van der Waals surface area (Å²) in [4.78, 5) is 11.9. The monoisotopic (exact) mass is 245 g/mol. The predicted molar refractivity (Wildman–Crippen MR) is 63.7 cm³/mol. The number of aromatic nitrogens is 3. The van der Waals surface area contributed by atoms with Crippen molar-refractivity contribution in [1.82, 2.24) is 15.0 Å². The number of nitrogens with zero attached hydrogens (tertiary/aromatic N) is 3. The van der Waals surface area contributed by atoms with Crippen molar-refractivity contribution in [3.8, 4) is 0 Å². The molecule has 1 heterocycles. The standard InChI is InChI=1S/C9H16ClN5O/c1-5(2)6(4-16)12-9-14-7(10)13-8(11-3)15-9/h5-6,16H,4H2,1-3H3,(H2,11,12,13,14,15). The molecule has 90 valence electrons. The zero-order chi connectivity index (χ0) is 12.1. The molecule has 1 atom stereocenters. The maximum absolute atomic E-state index is 9.17. The Morgan fingerprint density at radius 2 is 1.88 bits per heavy atom. The zero-order valence-corrected chi connectivity index (χ0v) is 10.3. The third kappa shape index (κ3) is 3.46. The lowest BCUT2D eigenvalue weighted by atomic mass is 10.1. The van der Waals surface area contributed by atoms with Gasteiger partial charge in [0.2, 0.25) is 17.2 Å². The van der Waals surface area contributed by atoms with Crippen LogP contribution in [0.1, 0.15) is 13.8 Å². The van der Waals surface area contributed by atoms with Crippen molar-refractivity contribution in [2.24, 2.45) is 5.92 Å². The topological polar surface area (TPSA) is 83.0 Å². The van der Waals surface area contributed by atoms with E-state index in [-0.39, 0.29) is 23.9 Å². The molecule has 0 aliphatic heterocycles. The SMILES string of the molecule is CNc1nc(Cl)nc(NC(CO)C(C)C)n1. The Labute approximate surface area is 99.5 Å². The molecule has 7 heteroatoms. The van der Waals surface area contributed by atoms with E-state index in [1.165, 1.54) is 0 Å². The van der Waals surface area contributed by atoms with Crippen molar-refractivity contribution in [1.29, 1.82) is 0 Å². The van der Waals surface area contributed by atoms with Gasteiger partial charge in [0, 0.05) is 7.05 Å². The highest BCUT2D eigenvalue weighted by atomic mass is 35.5. The summed E-state index contributed by atoms with van der Waals surface area (Å²) < 4.78 is 0. The number of rotatable bonds is 5. The number of nitrogens with one attached hydrogen (secondary N) is 2. The first-order valence-electron chi connectivity index (χ1n) is 5.03. The minimum absolute atomic E-state index is 0.00978. The molecular formula is C9H16ClN5O. The second-order valence-corrected chi connectivity index (χ2v) is 4.02. The number of aliphatic hydroxyl groups excluding tert-OH is 1. The zero-order valence-electron chi connectivity index (χ0n) is 9.53. The summed E-state index contributed by atoms with van der Waals surface area (Å²) in [5.41, 5.74) is 0. The fourth-order valence-corrected chi connectivity index (χ4v) is 1.28. The van der Waals surface area contributed by atoms with Gasteiger partial charge in [0.05, 0.1) is 12.6 Å². The van der Waals surface area contributed by atoms with Crippen LogP contribution in [0.2, 0.25) is 5.28 Å². The van der Waals surface area contributed by atoms with Gasteiger partial charge in [-0.3, -0.25) is 0 Å². The summed E-state index contributed by atoms with van der Waals surface area (Å²) in [5.74, 6) is 1.01. The summed E-state index contributed by atoms with van der Waals surface area (Å²) in [6.45, 7) is 4.00. The third-order valence-electron chi connectivity index (χ3n) is 2.15. The van der Waals surface area contributed by atoms with Gasteiger partial charge in [0.1, 0.15) is 0 Å². The molecule has 0 saturated carbocycles. The molecule has 6 nitrogen and oxygen atoms in total. The average Bonchev–Trinajstić information content (AvgIpc) is 2.24. The molecule has 0 aliphatic rings. The number of aliphatic hydroxyl groups is 1. The van der Waals surface area contributed by atoms with E-state index in [9.17, 15) is 5.11 Å².